The number of ether oxygens (including phenoxy) is 5. The van der Waals surface area contributed by atoms with Gasteiger partial charge in [-0.3, -0.25) is 0 Å². The van der Waals surface area contributed by atoms with E-state index in [0.29, 0.717) is 24.9 Å². The van der Waals surface area contributed by atoms with Crippen LogP contribution in [0.15, 0.2) is 17.1 Å². The third-order valence-corrected chi connectivity index (χ3v) is 5.81. The smallest absolute Gasteiger partial charge is 0.216 e. The van der Waals surface area contributed by atoms with E-state index >= 15 is 0 Å². The number of hydrogen-bond donors (Lipinski definition) is 0. The van der Waals surface area contributed by atoms with Gasteiger partial charge in [-0.05, 0) is 28.9 Å². The molecule has 170 valence electrons. The van der Waals surface area contributed by atoms with Gasteiger partial charge in [-0.1, -0.05) is 34.6 Å². The number of benzene rings is 2. The monoisotopic (exact) mass is 429 g/mol. The highest BCUT2D eigenvalue weighted by Gasteiger charge is 2.32. The van der Waals surface area contributed by atoms with E-state index in [2.05, 4.69) is 40.7 Å². The molecule has 0 amide bonds. The molecule has 0 aliphatic carbocycles. The zero-order chi connectivity index (χ0) is 22.9. The second-order valence-electron chi connectivity index (χ2n) is 9.27. The SMILES string of the molecule is COCc1c(OC)c(OC)c(C(C)C)c2cc(C3=N[C@@H](C(C)(C)C)CO3)cc(OC)c12. The van der Waals surface area contributed by atoms with Crippen LogP contribution >= 0.6 is 0 Å². The predicted octanol–water partition coefficient (Wildman–Crippen LogP) is 5.33. The van der Waals surface area contributed by atoms with Crippen LogP contribution in [0.4, 0.5) is 0 Å². The first-order valence-corrected chi connectivity index (χ1v) is 10.7. The zero-order valence-corrected chi connectivity index (χ0v) is 20.2. The van der Waals surface area contributed by atoms with Crippen LogP contribution in [0, 0.1) is 5.41 Å². The summed E-state index contributed by atoms with van der Waals surface area (Å²) in [6, 6.07) is 4.22. The van der Waals surface area contributed by atoms with E-state index in [1.54, 1.807) is 28.4 Å². The maximum absolute atomic E-state index is 6.02. The molecule has 0 aromatic heterocycles. The molecular formula is C25H35NO5. The fourth-order valence-electron chi connectivity index (χ4n) is 4.17. The van der Waals surface area contributed by atoms with Gasteiger partial charge < -0.3 is 23.7 Å². The first-order valence-electron chi connectivity index (χ1n) is 10.7. The van der Waals surface area contributed by atoms with E-state index < -0.39 is 0 Å². The van der Waals surface area contributed by atoms with Crippen molar-refractivity contribution in [1.82, 2.24) is 0 Å². The first kappa shape index (κ1) is 23.2. The molecule has 1 heterocycles. The van der Waals surface area contributed by atoms with E-state index in [-0.39, 0.29) is 17.4 Å². The van der Waals surface area contributed by atoms with Gasteiger partial charge in [0.1, 0.15) is 12.4 Å². The topological polar surface area (TPSA) is 58.5 Å². The van der Waals surface area contributed by atoms with Crippen LogP contribution in [0.3, 0.4) is 0 Å². The molecule has 0 unspecified atom stereocenters. The van der Waals surface area contributed by atoms with Gasteiger partial charge in [-0.25, -0.2) is 4.99 Å². The summed E-state index contributed by atoms with van der Waals surface area (Å²) in [5, 5.41) is 1.99. The van der Waals surface area contributed by atoms with Gasteiger partial charge in [-0.15, -0.1) is 0 Å². The fourth-order valence-corrected chi connectivity index (χ4v) is 4.17. The molecule has 0 bridgehead atoms. The quantitative estimate of drug-likeness (QED) is 0.596. The van der Waals surface area contributed by atoms with Crippen molar-refractivity contribution in [3.8, 4) is 17.2 Å². The summed E-state index contributed by atoms with van der Waals surface area (Å²) in [6.45, 7) is 11.8. The molecule has 0 saturated carbocycles. The van der Waals surface area contributed by atoms with Crippen molar-refractivity contribution >= 4 is 16.7 Å². The Hall–Kier alpha value is -2.47. The standard InChI is InChI=1S/C25H35NO5/c1-14(2)20-16-10-15(24-26-19(13-31-24)25(3,4)5)11-18(28-7)21(16)17(12-27-6)22(29-8)23(20)30-9/h10-11,14,19H,12-13H2,1-9H3/t19-/m1/s1. The van der Waals surface area contributed by atoms with Crippen molar-refractivity contribution in [3.05, 3.63) is 28.8 Å². The van der Waals surface area contributed by atoms with Crippen molar-refractivity contribution in [2.24, 2.45) is 10.4 Å². The van der Waals surface area contributed by atoms with Crippen LogP contribution in [0.5, 0.6) is 17.2 Å². The molecule has 0 saturated heterocycles. The van der Waals surface area contributed by atoms with E-state index in [1.165, 1.54) is 0 Å². The number of nitrogens with zero attached hydrogens (tertiary/aromatic N) is 1. The molecule has 0 radical (unpaired) electrons. The van der Waals surface area contributed by atoms with Gasteiger partial charge in [0.05, 0.1) is 34.0 Å². The van der Waals surface area contributed by atoms with Gasteiger partial charge in [0.15, 0.2) is 11.5 Å². The van der Waals surface area contributed by atoms with Gasteiger partial charge in [0.25, 0.3) is 0 Å². The summed E-state index contributed by atoms with van der Waals surface area (Å²) < 4.78 is 29.0. The summed E-state index contributed by atoms with van der Waals surface area (Å²) in [6.07, 6.45) is 0. The minimum Gasteiger partial charge on any atom is -0.496 e. The molecule has 0 fully saturated rings. The molecule has 2 aromatic carbocycles. The van der Waals surface area contributed by atoms with Crippen molar-refractivity contribution in [2.75, 3.05) is 35.0 Å². The summed E-state index contributed by atoms with van der Waals surface area (Å²) in [5.41, 5.74) is 2.88. The molecule has 1 atom stereocenters. The van der Waals surface area contributed by atoms with Crippen LogP contribution in [0.1, 0.15) is 57.2 Å². The number of hydrogen-bond acceptors (Lipinski definition) is 6. The number of methoxy groups -OCH3 is 4. The van der Waals surface area contributed by atoms with Crippen molar-refractivity contribution < 1.29 is 23.7 Å². The van der Waals surface area contributed by atoms with Crippen molar-refractivity contribution in [2.45, 2.75) is 53.2 Å². The lowest BCUT2D eigenvalue weighted by molar-refractivity contribution is 0.182. The Morgan fingerprint density at radius 3 is 2.19 bits per heavy atom. The maximum atomic E-state index is 6.02. The Kier molecular flexibility index (Phi) is 6.70. The Morgan fingerprint density at radius 1 is 1.03 bits per heavy atom. The second kappa shape index (κ2) is 8.95. The van der Waals surface area contributed by atoms with Crippen LogP contribution in [0.2, 0.25) is 0 Å². The number of rotatable bonds is 7. The van der Waals surface area contributed by atoms with Crippen LogP contribution in [-0.4, -0.2) is 47.0 Å². The van der Waals surface area contributed by atoms with Gasteiger partial charge in [0, 0.05) is 29.2 Å². The van der Waals surface area contributed by atoms with Crippen molar-refractivity contribution in [3.63, 3.8) is 0 Å². The van der Waals surface area contributed by atoms with Crippen LogP contribution < -0.4 is 14.2 Å². The summed E-state index contributed by atoms with van der Waals surface area (Å²) >= 11 is 0. The van der Waals surface area contributed by atoms with E-state index in [1.807, 2.05) is 6.07 Å². The highest BCUT2D eigenvalue weighted by atomic mass is 16.5. The molecule has 1 aliphatic rings. The predicted molar refractivity (Wildman–Crippen MR) is 124 cm³/mol. The highest BCUT2D eigenvalue weighted by Crippen LogP contribution is 2.48. The normalized spacial score (nSPS) is 16.5. The third-order valence-electron chi connectivity index (χ3n) is 5.81. The summed E-state index contributed by atoms with van der Waals surface area (Å²) in [7, 11) is 6.67. The van der Waals surface area contributed by atoms with Gasteiger partial charge in [-0.2, -0.15) is 0 Å². The number of fused-ring (bicyclic) bond motifs is 1. The molecule has 2 aromatic rings. The maximum Gasteiger partial charge on any atom is 0.216 e. The lowest BCUT2D eigenvalue weighted by Crippen LogP contribution is -2.25. The fraction of sp³-hybridized carbons (Fsp3) is 0.560. The van der Waals surface area contributed by atoms with Crippen LogP contribution in [-0.2, 0) is 16.1 Å². The molecule has 31 heavy (non-hydrogen) atoms. The largest absolute Gasteiger partial charge is 0.496 e. The van der Waals surface area contributed by atoms with E-state index in [9.17, 15) is 0 Å². The molecular weight excluding hydrogens is 394 g/mol. The summed E-state index contributed by atoms with van der Waals surface area (Å²) in [4.78, 5) is 4.88. The minimum atomic E-state index is 0.0357. The van der Waals surface area contributed by atoms with Crippen molar-refractivity contribution in [1.29, 1.82) is 0 Å². The lowest BCUT2D eigenvalue weighted by atomic mass is 9.88. The zero-order valence-electron chi connectivity index (χ0n) is 20.2. The molecule has 0 spiro atoms. The van der Waals surface area contributed by atoms with E-state index in [0.717, 1.165) is 39.0 Å². The Labute approximate surface area is 185 Å². The van der Waals surface area contributed by atoms with E-state index in [4.69, 9.17) is 28.7 Å². The molecule has 3 rings (SSSR count). The highest BCUT2D eigenvalue weighted by molar-refractivity contribution is 6.05. The molecule has 0 N–H and O–H groups in total. The van der Waals surface area contributed by atoms with Crippen LogP contribution in [0.25, 0.3) is 10.8 Å². The molecule has 1 aliphatic heterocycles. The minimum absolute atomic E-state index is 0.0357. The Bertz CT molecular complexity index is 988. The Balaban J connectivity index is 2.38. The number of aliphatic imine (C=N–C) groups is 1. The average molecular weight is 430 g/mol. The average Bonchev–Trinajstić information content (AvgIpc) is 3.23. The molecule has 6 heteroatoms. The molecule has 6 nitrogen and oxygen atoms in total. The second-order valence-corrected chi connectivity index (χ2v) is 9.27. The summed E-state index contributed by atoms with van der Waals surface area (Å²) in [5.74, 6) is 2.97. The van der Waals surface area contributed by atoms with Gasteiger partial charge >= 0.3 is 0 Å². The lowest BCUT2D eigenvalue weighted by Gasteiger charge is -2.23. The third kappa shape index (κ3) is 4.18. The first-order chi connectivity index (χ1) is 14.7. The Morgan fingerprint density at radius 2 is 1.71 bits per heavy atom. The van der Waals surface area contributed by atoms with Gasteiger partial charge in [0.2, 0.25) is 5.90 Å².